The monoisotopic (exact) mass is 312 g/mol. The Morgan fingerprint density at radius 1 is 0.957 bits per heavy atom. The summed E-state index contributed by atoms with van der Waals surface area (Å²) in [6, 6.07) is 17.7. The standard InChI is InChI=1S/C18H19NO4/c20-17(21)11-16(19-12-14-7-3-1-4-8-14)18(22)23-13-15-9-5-2-6-10-15/h1-10,16,19H,11-13H2,(H,20,21)/p-1/t16-/m0/s1. The van der Waals surface area contributed by atoms with Gasteiger partial charge in [-0.15, -0.1) is 0 Å². The van der Waals surface area contributed by atoms with Crippen molar-refractivity contribution in [2.24, 2.45) is 0 Å². The Balaban J connectivity index is 1.91. The van der Waals surface area contributed by atoms with Crippen LogP contribution < -0.4 is 10.4 Å². The van der Waals surface area contributed by atoms with Crippen LogP contribution in [0.4, 0.5) is 0 Å². The van der Waals surface area contributed by atoms with E-state index in [1.54, 1.807) is 0 Å². The number of aliphatic carboxylic acids is 1. The van der Waals surface area contributed by atoms with Crippen molar-refractivity contribution in [2.75, 3.05) is 0 Å². The molecule has 23 heavy (non-hydrogen) atoms. The van der Waals surface area contributed by atoms with Crippen LogP contribution in [0.5, 0.6) is 0 Å². The van der Waals surface area contributed by atoms with Crippen LogP contribution in [0.1, 0.15) is 17.5 Å². The van der Waals surface area contributed by atoms with E-state index >= 15 is 0 Å². The van der Waals surface area contributed by atoms with Crippen LogP contribution in [0, 0.1) is 0 Å². The zero-order chi connectivity index (χ0) is 16.5. The lowest BCUT2D eigenvalue weighted by molar-refractivity contribution is -0.306. The van der Waals surface area contributed by atoms with Crippen LogP contribution in [0.2, 0.25) is 0 Å². The quantitative estimate of drug-likeness (QED) is 0.737. The molecule has 1 atom stereocenters. The Morgan fingerprint density at radius 2 is 1.52 bits per heavy atom. The summed E-state index contributed by atoms with van der Waals surface area (Å²) in [5, 5.41) is 13.7. The van der Waals surface area contributed by atoms with Crippen LogP contribution in [-0.2, 0) is 27.5 Å². The zero-order valence-electron chi connectivity index (χ0n) is 12.6. The lowest BCUT2D eigenvalue weighted by Crippen LogP contribution is -2.42. The maximum absolute atomic E-state index is 12.1. The fourth-order valence-corrected chi connectivity index (χ4v) is 2.07. The smallest absolute Gasteiger partial charge is 0.323 e. The second-order valence-electron chi connectivity index (χ2n) is 5.09. The molecule has 0 spiro atoms. The first-order valence-electron chi connectivity index (χ1n) is 7.33. The van der Waals surface area contributed by atoms with E-state index in [4.69, 9.17) is 4.74 Å². The topological polar surface area (TPSA) is 78.5 Å². The molecule has 0 radical (unpaired) electrons. The molecule has 0 saturated carbocycles. The molecule has 0 amide bonds. The SMILES string of the molecule is O=C([O-])C[C@H](NCc1ccccc1)C(=O)OCc1ccccc1. The number of hydrogen-bond acceptors (Lipinski definition) is 5. The first-order chi connectivity index (χ1) is 11.1. The van der Waals surface area contributed by atoms with Crippen molar-refractivity contribution >= 4 is 11.9 Å². The molecule has 5 heteroatoms. The minimum Gasteiger partial charge on any atom is -0.550 e. The predicted molar refractivity (Wildman–Crippen MR) is 82.9 cm³/mol. The number of carbonyl (C=O) groups excluding carboxylic acids is 2. The van der Waals surface area contributed by atoms with E-state index in [-0.39, 0.29) is 6.61 Å². The van der Waals surface area contributed by atoms with Crippen molar-refractivity contribution in [3.05, 3.63) is 71.8 Å². The molecule has 120 valence electrons. The highest BCUT2D eigenvalue weighted by atomic mass is 16.5. The van der Waals surface area contributed by atoms with Crippen LogP contribution >= 0.6 is 0 Å². The minimum absolute atomic E-state index is 0.107. The molecule has 0 aliphatic rings. The van der Waals surface area contributed by atoms with Crippen LogP contribution in [-0.4, -0.2) is 18.0 Å². The van der Waals surface area contributed by atoms with Crippen LogP contribution in [0.15, 0.2) is 60.7 Å². The molecule has 0 saturated heterocycles. The van der Waals surface area contributed by atoms with Gasteiger partial charge in [-0.3, -0.25) is 10.1 Å². The number of esters is 1. The average molecular weight is 312 g/mol. The van der Waals surface area contributed by atoms with E-state index in [2.05, 4.69) is 5.32 Å². The van der Waals surface area contributed by atoms with E-state index in [1.807, 2.05) is 60.7 Å². The third kappa shape index (κ3) is 5.92. The molecule has 2 rings (SSSR count). The van der Waals surface area contributed by atoms with Gasteiger partial charge in [0.25, 0.3) is 0 Å². The molecule has 0 aromatic heterocycles. The lowest BCUT2D eigenvalue weighted by Gasteiger charge is -2.18. The largest absolute Gasteiger partial charge is 0.550 e. The number of carboxylic acid groups (broad SMARTS) is 1. The molecular formula is C18H18NO4-. The number of hydrogen-bond donors (Lipinski definition) is 1. The molecule has 0 bridgehead atoms. The zero-order valence-corrected chi connectivity index (χ0v) is 12.6. The third-order valence-electron chi connectivity index (χ3n) is 3.27. The number of benzene rings is 2. The van der Waals surface area contributed by atoms with Gasteiger partial charge in [0.15, 0.2) is 0 Å². The van der Waals surface area contributed by atoms with Gasteiger partial charge in [0.2, 0.25) is 0 Å². The van der Waals surface area contributed by atoms with Crippen molar-refractivity contribution < 1.29 is 19.4 Å². The lowest BCUT2D eigenvalue weighted by atomic mass is 10.1. The molecule has 0 aliphatic heterocycles. The van der Waals surface area contributed by atoms with Gasteiger partial charge in [-0.05, 0) is 11.1 Å². The minimum atomic E-state index is -1.30. The third-order valence-corrected chi connectivity index (χ3v) is 3.27. The number of rotatable bonds is 8. The van der Waals surface area contributed by atoms with Crippen molar-refractivity contribution in [1.29, 1.82) is 0 Å². The van der Waals surface area contributed by atoms with Gasteiger partial charge in [-0.25, -0.2) is 0 Å². The van der Waals surface area contributed by atoms with Crippen LogP contribution in [0.3, 0.4) is 0 Å². The van der Waals surface area contributed by atoms with E-state index in [0.717, 1.165) is 11.1 Å². The summed E-state index contributed by atoms with van der Waals surface area (Å²) in [7, 11) is 0. The van der Waals surface area contributed by atoms with Crippen LogP contribution in [0.25, 0.3) is 0 Å². The van der Waals surface area contributed by atoms with Crippen molar-refractivity contribution in [1.82, 2.24) is 5.32 Å². The fraction of sp³-hybridized carbons (Fsp3) is 0.222. The molecule has 0 fully saturated rings. The number of carbonyl (C=O) groups is 2. The van der Waals surface area contributed by atoms with Crippen molar-refractivity contribution in [3.63, 3.8) is 0 Å². The van der Waals surface area contributed by atoms with E-state index in [9.17, 15) is 14.7 Å². The molecule has 0 heterocycles. The van der Waals surface area contributed by atoms with E-state index in [1.165, 1.54) is 0 Å². The molecule has 2 aromatic carbocycles. The Kier molecular flexibility index (Phi) is 6.32. The van der Waals surface area contributed by atoms with E-state index in [0.29, 0.717) is 6.54 Å². The van der Waals surface area contributed by atoms with Gasteiger partial charge < -0.3 is 14.6 Å². The number of carboxylic acids is 1. The summed E-state index contributed by atoms with van der Waals surface area (Å²) in [4.78, 5) is 22.9. The number of nitrogens with one attached hydrogen (secondary N) is 1. The summed E-state index contributed by atoms with van der Waals surface area (Å²) in [6.45, 7) is 0.482. The van der Waals surface area contributed by atoms with Gasteiger partial charge in [0, 0.05) is 18.9 Å². The molecule has 2 aromatic rings. The first-order valence-corrected chi connectivity index (χ1v) is 7.33. The predicted octanol–water partition coefficient (Wildman–Crippen LogP) is 1.03. The van der Waals surface area contributed by atoms with Gasteiger partial charge in [-0.2, -0.15) is 0 Å². The second kappa shape index (κ2) is 8.70. The highest BCUT2D eigenvalue weighted by molar-refractivity contribution is 5.81. The number of ether oxygens (including phenoxy) is 1. The summed E-state index contributed by atoms with van der Waals surface area (Å²) < 4.78 is 5.19. The maximum atomic E-state index is 12.1. The summed E-state index contributed by atoms with van der Waals surface area (Å²) in [5.74, 6) is -1.90. The van der Waals surface area contributed by atoms with Gasteiger partial charge in [0.05, 0.1) is 0 Å². The Morgan fingerprint density at radius 3 is 2.09 bits per heavy atom. The van der Waals surface area contributed by atoms with E-state index < -0.39 is 24.4 Å². The molecule has 0 unspecified atom stereocenters. The van der Waals surface area contributed by atoms with Gasteiger partial charge >= 0.3 is 5.97 Å². The Labute approximate surface area is 134 Å². The normalized spacial score (nSPS) is 11.7. The van der Waals surface area contributed by atoms with Gasteiger partial charge in [-0.1, -0.05) is 60.7 Å². The summed E-state index contributed by atoms with van der Waals surface area (Å²) >= 11 is 0. The average Bonchev–Trinajstić information content (AvgIpc) is 2.58. The second-order valence-corrected chi connectivity index (χ2v) is 5.09. The maximum Gasteiger partial charge on any atom is 0.323 e. The molecule has 5 nitrogen and oxygen atoms in total. The van der Waals surface area contributed by atoms with Crippen molar-refractivity contribution in [2.45, 2.75) is 25.6 Å². The van der Waals surface area contributed by atoms with Gasteiger partial charge in [0.1, 0.15) is 12.6 Å². The molecule has 1 N–H and O–H groups in total. The fourth-order valence-electron chi connectivity index (χ4n) is 2.07. The first kappa shape index (κ1) is 16.7. The summed E-state index contributed by atoms with van der Waals surface area (Å²) in [5.41, 5.74) is 1.79. The highest BCUT2D eigenvalue weighted by Crippen LogP contribution is 2.05. The Hall–Kier alpha value is -2.66. The van der Waals surface area contributed by atoms with Crippen molar-refractivity contribution in [3.8, 4) is 0 Å². The molecular weight excluding hydrogens is 294 g/mol. The Bertz CT molecular complexity index is 628. The summed E-state index contributed by atoms with van der Waals surface area (Å²) in [6.07, 6.45) is -0.430. The molecule has 0 aliphatic carbocycles. The highest BCUT2D eigenvalue weighted by Gasteiger charge is 2.20.